The van der Waals surface area contributed by atoms with Crippen LogP contribution in [0.4, 0.5) is 18.0 Å². The predicted octanol–water partition coefficient (Wildman–Crippen LogP) is 5.64. The third kappa shape index (κ3) is 4.73. The van der Waals surface area contributed by atoms with E-state index in [1.807, 2.05) is 0 Å². The van der Waals surface area contributed by atoms with Crippen molar-refractivity contribution in [3.63, 3.8) is 0 Å². The predicted molar refractivity (Wildman–Crippen MR) is 123 cm³/mol. The van der Waals surface area contributed by atoms with Crippen molar-refractivity contribution in [2.24, 2.45) is 0 Å². The van der Waals surface area contributed by atoms with Crippen LogP contribution in [-0.2, 0) is 10.9 Å². The van der Waals surface area contributed by atoms with Gasteiger partial charge in [-0.05, 0) is 24.6 Å². The van der Waals surface area contributed by atoms with E-state index in [1.165, 1.54) is 16.7 Å². The minimum absolute atomic E-state index is 0.146. The van der Waals surface area contributed by atoms with Crippen molar-refractivity contribution in [2.75, 3.05) is 13.2 Å². The number of aryl methyl sites for hydroxylation is 1. The highest BCUT2D eigenvalue weighted by molar-refractivity contribution is 7.18. The van der Waals surface area contributed by atoms with Crippen molar-refractivity contribution in [3.8, 4) is 27.0 Å². The van der Waals surface area contributed by atoms with Crippen LogP contribution in [0.15, 0.2) is 30.6 Å². The molecular weight excluding hydrogens is 530 g/mol. The molecule has 1 saturated heterocycles. The summed E-state index contributed by atoms with van der Waals surface area (Å²) in [6.07, 6.45) is -2.52. The number of cyclic esters (lactones) is 1. The van der Waals surface area contributed by atoms with Gasteiger partial charge in [-0.3, -0.25) is 0 Å². The molecule has 5 rings (SSSR count). The second kappa shape index (κ2) is 8.85. The Morgan fingerprint density at radius 1 is 1.20 bits per heavy atom. The number of ether oxygens (including phenoxy) is 2. The zero-order chi connectivity index (χ0) is 24.9. The van der Waals surface area contributed by atoms with Crippen molar-refractivity contribution in [3.05, 3.63) is 51.8 Å². The maximum atomic E-state index is 13.1. The fourth-order valence-electron chi connectivity index (χ4n) is 3.47. The Kier molecular flexibility index (Phi) is 5.98. The lowest BCUT2D eigenvalue weighted by atomic mass is 10.2. The molecule has 4 aromatic rings. The molecule has 1 fully saturated rings. The average Bonchev–Trinajstić information content (AvgIpc) is 3.52. The van der Waals surface area contributed by atoms with E-state index in [0.29, 0.717) is 43.3 Å². The van der Waals surface area contributed by atoms with Gasteiger partial charge in [-0.1, -0.05) is 34.5 Å². The summed E-state index contributed by atoms with van der Waals surface area (Å²) < 4.78 is 51.2. The van der Waals surface area contributed by atoms with Crippen LogP contribution in [0.2, 0.25) is 10.0 Å². The molecular formula is C21H14Cl2F3N5O3S. The van der Waals surface area contributed by atoms with E-state index >= 15 is 0 Å². The summed E-state index contributed by atoms with van der Waals surface area (Å²) in [6, 6.07) is 3.86. The maximum absolute atomic E-state index is 13.1. The number of carbonyl (C=O) groups is 1. The molecule has 0 radical (unpaired) electrons. The molecule has 182 valence electrons. The molecule has 0 aliphatic carbocycles. The monoisotopic (exact) mass is 543 g/mol. The van der Waals surface area contributed by atoms with Gasteiger partial charge in [-0.2, -0.15) is 13.2 Å². The lowest BCUT2D eigenvalue weighted by Gasteiger charge is -2.12. The first-order chi connectivity index (χ1) is 16.6. The fraction of sp³-hybridized carbons (Fsp3) is 0.238. The highest BCUT2D eigenvalue weighted by Crippen LogP contribution is 2.39. The number of hydrogen-bond donors (Lipinski definition) is 1. The lowest BCUT2D eigenvalue weighted by Crippen LogP contribution is -2.32. The number of benzene rings is 1. The Balaban J connectivity index is 1.40. The largest absolute Gasteiger partial charge is 0.490 e. The van der Waals surface area contributed by atoms with Crippen LogP contribution in [0.5, 0.6) is 5.75 Å². The number of pyridine rings is 1. The van der Waals surface area contributed by atoms with Crippen LogP contribution < -0.4 is 10.1 Å². The van der Waals surface area contributed by atoms with E-state index < -0.39 is 17.8 Å². The first-order valence-corrected chi connectivity index (χ1v) is 11.6. The van der Waals surface area contributed by atoms with Crippen LogP contribution in [0.1, 0.15) is 11.1 Å². The number of hydrogen-bond acceptors (Lipinski definition) is 7. The van der Waals surface area contributed by atoms with Gasteiger partial charge < -0.3 is 19.2 Å². The van der Waals surface area contributed by atoms with Crippen molar-refractivity contribution in [1.29, 1.82) is 0 Å². The first kappa shape index (κ1) is 23.6. The number of amides is 1. The van der Waals surface area contributed by atoms with Crippen LogP contribution in [0.25, 0.3) is 26.9 Å². The van der Waals surface area contributed by atoms with Crippen LogP contribution in [0, 0.1) is 6.92 Å². The molecule has 3 aromatic heterocycles. The molecule has 1 aliphatic rings. The topological polar surface area (TPSA) is 90.6 Å². The molecule has 1 N–H and O–H groups in total. The SMILES string of the molecule is Cc1cc(C(F)(F)F)cn2cc(-c3nnc(-c4cc(Cl)c(OC[C@@H]5COC(=O)N5)cc4Cl)s3)nc12. The Labute approximate surface area is 209 Å². The Morgan fingerprint density at radius 2 is 1.97 bits per heavy atom. The second-order valence-corrected chi connectivity index (χ2v) is 9.48. The molecule has 1 atom stereocenters. The zero-order valence-corrected chi connectivity index (χ0v) is 20.0. The van der Waals surface area contributed by atoms with E-state index in [1.54, 1.807) is 13.0 Å². The van der Waals surface area contributed by atoms with Gasteiger partial charge in [0.15, 0.2) is 5.01 Å². The number of alkyl halides is 3. The van der Waals surface area contributed by atoms with Gasteiger partial charge in [0, 0.05) is 24.0 Å². The van der Waals surface area contributed by atoms with Crippen LogP contribution >= 0.6 is 34.5 Å². The number of rotatable bonds is 5. The second-order valence-electron chi connectivity index (χ2n) is 7.69. The number of imidazole rings is 1. The molecule has 0 bridgehead atoms. The molecule has 0 spiro atoms. The number of halogens is 5. The molecule has 0 saturated carbocycles. The molecule has 1 aromatic carbocycles. The fourth-order valence-corrected chi connectivity index (χ4v) is 4.82. The quantitative estimate of drug-likeness (QED) is 0.350. The van der Waals surface area contributed by atoms with E-state index in [-0.39, 0.29) is 24.3 Å². The van der Waals surface area contributed by atoms with Crippen LogP contribution in [-0.4, -0.2) is 44.9 Å². The number of fused-ring (bicyclic) bond motifs is 1. The van der Waals surface area contributed by atoms with E-state index in [2.05, 4.69) is 20.5 Å². The Bertz CT molecular complexity index is 1460. The first-order valence-electron chi connectivity index (χ1n) is 10.0. The summed E-state index contributed by atoms with van der Waals surface area (Å²) in [5.41, 5.74) is 0.876. The maximum Gasteiger partial charge on any atom is 0.417 e. The average molecular weight is 544 g/mol. The highest BCUT2D eigenvalue weighted by Gasteiger charge is 2.31. The van der Waals surface area contributed by atoms with Crippen molar-refractivity contribution in [1.82, 2.24) is 24.9 Å². The number of carbonyl (C=O) groups excluding carboxylic acids is 1. The molecule has 0 unspecified atom stereocenters. The number of aromatic nitrogens is 4. The van der Waals surface area contributed by atoms with Crippen LogP contribution in [0.3, 0.4) is 0 Å². The van der Waals surface area contributed by atoms with Gasteiger partial charge in [0.25, 0.3) is 0 Å². The highest BCUT2D eigenvalue weighted by atomic mass is 35.5. The summed E-state index contributed by atoms with van der Waals surface area (Å²) in [5, 5.41) is 12.3. The van der Waals surface area contributed by atoms with Gasteiger partial charge >= 0.3 is 12.3 Å². The number of nitrogens with one attached hydrogen (secondary N) is 1. The summed E-state index contributed by atoms with van der Waals surface area (Å²) in [5.74, 6) is 0.322. The molecule has 1 aliphatic heterocycles. The summed E-state index contributed by atoms with van der Waals surface area (Å²) in [7, 11) is 0. The number of alkyl carbamates (subject to hydrolysis) is 1. The summed E-state index contributed by atoms with van der Waals surface area (Å²) >= 11 is 14.0. The third-order valence-electron chi connectivity index (χ3n) is 5.14. The number of nitrogens with zero attached hydrogens (tertiary/aromatic N) is 4. The molecule has 35 heavy (non-hydrogen) atoms. The smallest absolute Gasteiger partial charge is 0.417 e. The zero-order valence-electron chi connectivity index (χ0n) is 17.7. The van der Waals surface area contributed by atoms with Gasteiger partial charge in [-0.15, -0.1) is 10.2 Å². The minimum atomic E-state index is -4.47. The Morgan fingerprint density at radius 3 is 2.69 bits per heavy atom. The van der Waals surface area contributed by atoms with Crippen molar-refractivity contribution < 1.29 is 27.4 Å². The molecule has 1 amide bonds. The summed E-state index contributed by atoms with van der Waals surface area (Å²) in [6.45, 7) is 1.90. The molecule has 14 heteroatoms. The van der Waals surface area contributed by atoms with E-state index in [4.69, 9.17) is 32.7 Å². The Hall–Kier alpha value is -3.09. The van der Waals surface area contributed by atoms with Gasteiger partial charge in [0.1, 0.15) is 41.4 Å². The van der Waals surface area contributed by atoms with Gasteiger partial charge in [0.2, 0.25) is 0 Å². The van der Waals surface area contributed by atoms with E-state index in [9.17, 15) is 18.0 Å². The molecule has 8 nitrogen and oxygen atoms in total. The van der Waals surface area contributed by atoms with Gasteiger partial charge in [0.05, 0.1) is 15.6 Å². The van der Waals surface area contributed by atoms with Crippen molar-refractivity contribution in [2.45, 2.75) is 19.1 Å². The van der Waals surface area contributed by atoms with Crippen molar-refractivity contribution >= 4 is 46.3 Å². The standard InChI is InChI=1S/C21H14Cl2F3N5O3S/c1-9-2-10(21(24,25)26)5-31-6-15(28-17(9)31)19-30-29-18(35-19)12-3-14(23)16(4-13(12)22)33-7-11-8-34-20(32)27-11/h2-6,11H,7-8H2,1H3,(H,27,32)/t11-/m1/s1. The molecule has 4 heterocycles. The third-order valence-corrected chi connectivity index (χ3v) is 6.72. The summed E-state index contributed by atoms with van der Waals surface area (Å²) in [4.78, 5) is 15.5. The normalized spacial score (nSPS) is 15.9. The van der Waals surface area contributed by atoms with Gasteiger partial charge in [-0.25, -0.2) is 9.78 Å². The lowest BCUT2D eigenvalue weighted by molar-refractivity contribution is -0.137. The minimum Gasteiger partial charge on any atom is -0.490 e. The van der Waals surface area contributed by atoms with E-state index in [0.717, 1.165) is 23.6 Å².